The van der Waals surface area contributed by atoms with Crippen LogP contribution in [-0.4, -0.2) is 34.6 Å². The zero-order chi connectivity index (χ0) is 60.3. The zero-order valence-electron chi connectivity index (χ0n) is 50.9. The molecule has 10 aromatic rings. The molecule has 10 aromatic carbocycles. The molecule has 0 saturated carbocycles. The Labute approximate surface area is 510 Å². The van der Waals surface area contributed by atoms with Crippen LogP contribution in [0.3, 0.4) is 0 Å². The number of carbonyl (C=O) groups excluding carboxylic acids is 4. The maximum atomic E-state index is 16.2. The van der Waals surface area contributed by atoms with Crippen LogP contribution in [0.5, 0.6) is 46.0 Å². The van der Waals surface area contributed by atoms with Crippen LogP contribution >= 0.6 is 0 Å². The summed E-state index contributed by atoms with van der Waals surface area (Å²) in [7, 11) is 0. The molecule has 87 heavy (non-hydrogen) atoms. The number of ether oxygens (including phenoxy) is 4. The summed E-state index contributed by atoms with van der Waals surface area (Å²) in [6, 6.07) is 50.4. The van der Waals surface area contributed by atoms with E-state index in [2.05, 4.69) is 41.5 Å². The first-order valence-corrected chi connectivity index (χ1v) is 31.6. The highest BCUT2D eigenvalue weighted by molar-refractivity contribution is 6.47. The Kier molecular flexibility index (Phi) is 17.1. The van der Waals surface area contributed by atoms with E-state index in [0.29, 0.717) is 107 Å². The molecule has 4 amide bonds. The molecule has 0 aliphatic carbocycles. The number of nitrogens with zero attached hydrogens (tertiary/aromatic N) is 2. The number of carbonyl (C=O) groups is 4. The average Bonchev–Trinajstić information content (AvgIpc) is 0.686. The molecule has 0 saturated heterocycles. The van der Waals surface area contributed by atoms with E-state index in [0.717, 1.165) is 75.3 Å². The summed E-state index contributed by atoms with van der Waals surface area (Å²) < 4.78 is 28.8. The Morgan fingerprint density at radius 1 is 0.333 bits per heavy atom. The van der Waals surface area contributed by atoms with E-state index in [-0.39, 0.29) is 40.5 Å². The summed E-state index contributed by atoms with van der Waals surface area (Å²) in [4.78, 5) is 67.5. The number of hydrogen-bond donors (Lipinski definition) is 0. The van der Waals surface area contributed by atoms with Gasteiger partial charge in [0.05, 0.1) is 27.9 Å². The van der Waals surface area contributed by atoms with Gasteiger partial charge in [-0.15, -0.1) is 0 Å². The average molecular weight is 1160 g/mol. The predicted molar refractivity (Wildman–Crippen MR) is 350 cm³/mol. The SMILES string of the molecule is CCCCCCCCC(CCCCCCCC)N1C(=O)c2cc(Oc3ccccc3)c3c4c(Oc5ccccc5)cc5c6c(cc(Oc7ccccc7)c(c7c(Oc8ccccc8)cc(c2c37)C1=O)c64)C(=O)N(c1c(C(C)C)cccc1C(C)C)C5=O. The van der Waals surface area contributed by atoms with E-state index < -0.39 is 23.6 Å². The first-order valence-electron chi connectivity index (χ1n) is 31.6. The monoisotopic (exact) mass is 1160 g/mol. The second-order valence-electron chi connectivity index (χ2n) is 24.1. The molecule has 0 bridgehead atoms. The fourth-order valence-corrected chi connectivity index (χ4v) is 13.3. The lowest BCUT2D eigenvalue weighted by atomic mass is 9.80. The highest BCUT2D eigenvalue weighted by Crippen LogP contribution is 2.58. The minimum Gasteiger partial charge on any atom is -0.457 e. The molecule has 0 unspecified atom stereocenters. The molecule has 10 nitrogen and oxygen atoms in total. The van der Waals surface area contributed by atoms with Crippen molar-refractivity contribution >= 4 is 72.4 Å². The van der Waals surface area contributed by atoms with Crippen LogP contribution in [0, 0.1) is 0 Å². The second kappa shape index (κ2) is 25.5. The van der Waals surface area contributed by atoms with Crippen molar-refractivity contribution in [1.29, 1.82) is 0 Å². The molecule has 0 aromatic heterocycles. The van der Waals surface area contributed by atoms with Crippen LogP contribution in [-0.2, 0) is 0 Å². The van der Waals surface area contributed by atoms with Gasteiger partial charge in [-0.2, -0.15) is 0 Å². The van der Waals surface area contributed by atoms with Gasteiger partial charge in [0.1, 0.15) is 46.0 Å². The number of hydrogen-bond acceptors (Lipinski definition) is 8. The molecular weight excluding hydrogens is 1080 g/mol. The molecule has 0 radical (unpaired) electrons. The lowest BCUT2D eigenvalue weighted by Gasteiger charge is -2.36. The van der Waals surface area contributed by atoms with Crippen molar-refractivity contribution in [2.75, 3.05) is 4.90 Å². The third kappa shape index (κ3) is 11.2. The largest absolute Gasteiger partial charge is 0.457 e. The van der Waals surface area contributed by atoms with Gasteiger partial charge < -0.3 is 18.9 Å². The predicted octanol–water partition coefficient (Wildman–Crippen LogP) is 21.4. The molecular formula is C77H76N2O8. The van der Waals surface area contributed by atoms with Gasteiger partial charge in [0.2, 0.25) is 0 Å². The molecule has 0 N–H and O–H groups in total. The molecule has 442 valence electrons. The van der Waals surface area contributed by atoms with Gasteiger partial charge in [-0.3, -0.25) is 24.1 Å². The third-order valence-electron chi connectivity index (χ3n) is 17.5. The van der Waals surface area contributed by atoms with Crippen molar-refractivity contribution in [3.8, 4) is 46.0 Å². The maximum Gasteiger partial charge on any atom is 0.266 e. The summed E-state index contributed by atoms with van der Waals surface area (Å²) in [5.74, 6) is 1.21. The standard InChI is InChI=1S/C77H76N2O8/c1-7-9-11-13-15-21-32-50(33-22-16-14-12-10-8-2)78-74(80)57-44-61(84-51-34-23-17-24-35-51)67-69-63(86-53-38-27-19-28-39-53)46-59-66-60(77(83)79(76(59)82)73-55(48(3)4)42-31-43-56(73)49(5)6)47-64(87-54-40-29-20-30-41-54)70(72(66)69)68-62(85-52-36-25-18-26-37-52)45-58(75(78)81)65(57)71(67)68/h17-20,23-31,34-50H,7-16,21-22,32-33H2,1-6H3. The molecule has 2 heterocycles. The Bertz CT molecular complexity index is 3930. The summed E-state index contributed by atoms with van der Waals surface area (Å²) in [5.41, 5.74) is 3.37. The minimum absolute atomic E-state index is 0.0490. The summed E-state index contributed by atoms with van der Waals surface area (Å²) in [5, 5.41) is 3.73. The second-order valence-corrected chi connectivity index (χ2v) is 24.1. The summed E-state index contributed by atoms with van der Waals surface area (Å²) in [6.07, 6.45) is 14.3. The molecule has 0 spiro atoms. The summed E-state index contributed by atoms with van der Waals surface area (Å²) >= 11 is 0. The van der Waals surface area contributed by atoms with Crippen LogP contribution in [0.4, 0.5) is 5.69 Å². The van der Waals surface area contributed by atoms with Gasteiger partial charge in [0.15, 0.2) is 0 Å². The molecule has 0 fully saturated rings. The maximum absolute atomic E-state index is 16.2. The number of unbranched alkanes of at least 4 members (excludes halogenated alkanes) is 10. The van der Waals surface area contributed by atoms with Crippen LogP contribution in [0.1, 0.15) is 196 Å². The van der Waals surface area contributed by atoms with Crippen LogP contribution in [0.15, 0.2) is 164 Å². The van der Waals surface area contributed by atoms with Gasteiger partial charge in [0.25, 0.3) is 23.6 Å². The van der Waals surface area contributed by atoms with Crippen molar-refractivity contribution < 1.29 is 38.1 Å². The van der Waals surface area contributed by atoms with Crippen molar-refractivity contribution in [2.45, 2.75) is 149 Å². The van der Waals surface area contributed by atoms with E-state index in [1.165, 1.54) is 17.7 Å². The van der Waals surface area contributed by atoms with Crippen LogP contribution < -0.4 is 23.8 Å². The number of benzene rings is 10. The first kappa shape index (κ1) is 58.4. The van der Waals surface area contributed by atoms with E-state index in [9.17, 15) is 0 Å². The molecule has 0 atom stereocenters. The lowest BCUT2D eigenvalue weighted by molar-refractivity contribution is 0.0516. The fraction of sp³-hybridized carbons (Fsp3) is 0.299. The minimum atomic E-state index is -0.514. The van der Waals surface area contributed by atoms with Crippen molar-refractivity contribution in [3.63, 3.8) is 0 Å². The Morgan fingerprint density at radius 2 is 0.632 bits per heavy atom. The third-order valence-corrected chi connectivity index (χ3v) is 17.5. The number of imide groups is 2. The smallest absolute Gasteiger partial charge is 0.266 e. The van der Waals surface area contributed by atoms with Gasteiger partial charge >= 0.3 is 0 Å². The number of amides is 4. The highest BCUT2D eigenvalue weighted by atomic mass is 16.5. The number of anilines is 1. The van der Waals surface area contributed by atoms with Crippen LogP contribution in [0.25, 0.3) is 43.1 Å². The summed E-state index contributed by atoms with van der Waals surface area (Å²) in [6.45, 7) is 12.7. The van der Waals surface area contributed by atoms with E-state index in [1.807, 2.05) is 140 Å². The quantitative estimate of drug-likeness (QED) is 0.0228. The first-order chi connectivity index (χ1) is 42.5. The zero-order valence-corrected chi connectivity index (χ0v) is 50.9. The van der Waals surface area contributed by atoms with Gasteiger partial charge in [0, 0.05) is 49.1 Å². The Morgan fingerprint density at radius 3 is 0.943 bits per heavy atom. The Hall–Kier alpha value is -9.02. The fourth-order valence-electron chi connectivity index (χ4n) is 13.3. The van der Waals surface area contributed by atoms with Crippen molar-refractivity contribution in [2.24, 2.45) is 0 Å². The van der Waals surface area contributed by atoms with E-state index in [1.54, 1.807) is 29.2 Å². The highest BCUT2D eigenvalue weighted by Gasteiger charge is 2.44. The number of rotatable bonds is 26. The van der Waals surface area contributed by atoms with E-state index >= 15 is 19.2 Å². The van der Waals surface area contributed by atoms with Crippen LogP contribution in [0.2, 0.25) is 0 Å². The lowest BCUT2D eigenvalue weighted by Crippen LogP contribution is -2.47. The molecule has 2 aliphatic heterocycles. The van der Waals surface area contributed by atoms with E-state index in [4.69, 9.17) is 18.9 Å². The van der Waals surface area contributed by atoms with Gasteiger partial charge in [-0.05, 0) is 109 Å². The number of para-hydroxylation sites is 5. The van der Waals surface area contributed by atoms with Gasteiger partial charge in [-0.1, -0.05) is 210 Å². The topological polar surface area (TPSA) is 112 Å². The normalized spacial score (nSPS) is 13.3. The number of fused-ring (bicyclic) bond motifs is 2. The van der Waals surface area contributed by atoms with Gasteiger partial charge in [-0.25, -0.2) is 4.90 Å². The molecule has 10 heteroatoms. The van der Waals surface area contributed by atoms with Crippen molar-refractivity contribution in [3.05, 3.63) is 197 Å². The molecule has 12 rings (SSSR count). The Balaban J connectivity index is 1.22. The van der Waals surface area contributed by atoms with Crippen molar-refractivity contribution in [1.82, 2.24) is 4.90 Å². The molecule has 2 aliphatic rings.